The first-order valence-corrected chi connectivity index (χ1v) is 33.4. The summed E-state index contributed by atoms with van der Waals surface area (Å²) < 4.78 is 17.6. The maximum absolute atomic E-state index is 13.5. The van der Waals surface area contributed by atoms with Gasteiger partial charge in [0, 0.05) is 6.42 Å². The SMILES string of the molecule is CC/C=C/C=C/C=C\CCCCCCCC(=O)OC1C(OCC(NC(=O)C(O)CCCCCCCCCCCCCCC/C=C\C/C=C\C/C=C\CCCCC)C(O)/C=C/CCCCCCCCCCCCC)OC(CO)C(O)C1O. The van der Waals surface area contributed by atoms with E-state index in [1.807, 2.05) is 24.3 Å². The number of aliphatic hydroxyl groups is 5. The van der Waals surface area contributed by atoms with Crippen LogP contribution in [0.1, 0.15) is 284 Å². The van der Waals surface area contributed by atoms with Crippen LogP contribution >= 0.6 is 0 Å². The van der Waals surface area contributed by atoms with Gasteiger partial charge in [0.25, 0.3) is 0 Å². The molecule has 11 heteroatoms. The van der Waals surface area contributed by atoms with Crippen LogP contribution in [-0.4, -0.2) is 99.6 Å². The van der Waals surface area contributed by atoms with Crippen LogP contribution in [0.5, 0.6) is 0 Å². The molecule has 1 aliphatic rings. The number of amides is 1. The summed E-state index contributed by atoms with van der Waals surface area (Å²) in [6.45, 7) is 5.63. The van der Waals surface area contributed by atoms with E-state index in [4.69, 9.17) is 14.2 Å². The van der Waals surface area contributed by atoms with Gasteiger partial charge in [-0.1, -0.05) is 279 Å². The van der Waals surface area contributed by atoms with Gasteiger partial charge in [0.1, 0.15) is 24.4 Å². The van der Waals surface area contributed by atoms with Crippen molar-refractivity contribution in [1.29, 1.82) is 0 Å². The number of carbonyl (C=O) groups excluding carboxylic acids is 2. The lowest BCUT2D eigenvalue weighted by Crippen LogP contribution is -2.61. The Hall–Kier alpha value is -3.16. The molecule has 0 aromatic rings. The molecule has 6 N–H and O–H groups in total. The first kappa shape index (κ1) is 75.9. The average molecular weight is 1140 g/mol. The van der Waals surface area contributed by atoms with Gasteiger partial charge < -0.3 is 45.1 Å². The second-order valence-corrected chi connectivity index (χ2v) is 22.9. The zero-order valence-electron chi connectivity index (χ0n) is 51.9. The van der Waals surface area contributed by atoms with Gasteiger partial charge in [0.05, 0.1) is 25.4 Å². The maximum atomic E-state index is 13.5. The van der Waals surface area contributed by atoms with E-state index in [0.717, 1.165) is 89.9 Å². The molecule has 1 amide bonds. The highest BCUT2D eigenvalue weighted by Crippen LogP contribution is 2.26. The fraction of sp³-hybridized carbons (Fsp3) is 0.771. The molecule has 1 heterocycles. The minimum Gasteiger partial charge on any atom is -0.454 e. The molecule has 0 spiro atoms. The summed E-state index contributed by atoms with van der Waals surface area (Å²) in [6.07, 6.45) is 64.9. The Labute approximate surface area is 495 Å². The number of aliphatic hydroxyl groups excluding tert-OH is 5. The molecule has 468 valence electrons. The average Bonchev–Trinajstić information content (AvgIpc) is 3.50. The van der Waals surface area contributed by atoms with E-state index < -0.39 is 67.4 Å². The summed E-state index contributed by atoms with van der Waals surface area (Å²) >= 11 is 0. The van der Waals surface area contributed by atoms with Crippen LogP contribution in [0.2, 0.25) is 0 Å². The summed E-state index contributed by atoms with van der Waals surface area (Å²) in [7, 11) is 0. The molecule has 11 nitrogen and oxygen atoms in total. The van der Waals surface area contributed by atoms with Gasteiger partial charge in [-0.2, -0.15) is 0 Å². The van der Waals surface area contributed by atoms with E-state index >= 15 is 0 Å². The number of carbonyl (C=O) groups is 2. The molecule has 8 atom stereocenters. The molecule has 0 aromatic carbocycles. The standard InChI is InChI=1S/C70H123NO10/c1-4-7-10-13-16-19-22-25-26-27-28-29-30-31-32-33-34-35-36-37-40-42-45-48-51-54-57-63(74)69(78)71-61(62(73)56-53-50-47-44-41-38-23-20-17-14-11-8-5-2)60-79-70-68(67(77)66(76)64(59-72)80-70)81-65(75)58-55-52-49-46-43-39-24-21-18-15-12-9-6-3/h9,12,15-16,18-19,21,24-26,28-29,53,56,61-64,66-68,70,72-74,76-77H,4-8,10-11,13-14,17,20,22-23,27,30-52,54-55,57-60H2,1-3H3,(H,71,78)/b12-9+,18-15+,19-16-,24-21-,26-25-,29-28-,56-53+. The van der Waals surface area contributed by atoms with Gasteiger partial charge in [-0.05, 0) is 83.5 Å². The zero-order valence-corrected chi connectivity index (χ0v) is 51.9. The lowest BCUT2D eigenvalue weighted by Gasteiger charge is -2.41. The Morgan fingerprint density at radius 2 is 0.938 bits per heavy atom. The van der Waals surface area contributed by atoms with Crippen LogP contribution in [0.25, 0.3) is 0 Å². The molecule has 1 fully saturated rings. The van der Waals surface area contributed by atoms with Gasteiger partial charge in [0.2, 0.25) is 5.91 Å². The van der Waals surface area contributed by atoms with Gasteiger partial charge >= 0.3 is 5.97 Å². The van der Waals surface area contributed by atoms with Crippen LogP contribution in [0, 0.1) is 0 Å². The molecule has 0 saturated carbocycles. The molecule has 0 aliphatic carbocycles. The fourth-order valence-corrected chi connectivity index (χ4v) is 10.1. The first-order chi connectivity index (χ1) is 39.7. The summed E-state index contributed by atoms with van der Waals surface area (Å²) in [5, 5.41) is 57.1. The molecule has 0 aromatic heterocycles. The van der Waals surface area contributed by atoms with Crippen molar-refractivity contribution in [3.8, 4) is 0 Å². The van der Waals surface area contributed by atoms with Crippen molar-refractivity contribution in [1.82, 2.24) is 5.32 Å². The van der Waals surface area contributed by atoms with Crippen molar-refractivity contribution >= 4 is 11.9 Å². The number of hydrogen-bond donors (Lipinski definition) is 6. The van der Waals surface area contributed by atoms with Crippen molar-refractivity contribution in [3.05, 3.63) is 85.1 Å². The summed E-state index contributed by atoms with van der Waals surface area (Å²) in [5.41, 5.74) is 0. The topological polar surface area (TPSA) is 175 Å². The molecule has 0 bridgehead atoms. The van der Waals surface area contributed by atoms with E-state index in [0.29, 0.717) is 12.8 Å². The molecule has 8 unspecified atom stereocenters. The Morgan fingerprint density at radius 1 is 0.506 bits per heavy atom. The minimum atomic E-state index is -1.62. The Morgan fingerprint density at radius 3 is 1.46 bits per heavy atom. The highest BCUT2D eigenvalue weighted by atomic mass is 16.7. The lowest BCUT2D eigenvalue weighted by atomic mass is 9.99. The third-order valence-electron chi connectivity index (χ3n) is 15.3. The smallest absolute Gasteiger partial charge is 0.306 e. The van der Waals surface area contributed by atoms with Crippen molar-refractivity contribution in [2.45, 2.75) is 333 Å². The molecule has 1 rings (SSSR count). The molecular weight excluding hydrogens is 1010 g/mol. The normalized spacial score (nSPS) is 19.2. The number of ether oxygens (including phenoxy) is 3. The van der Waals surface area contributed by atoms with Gasteiger partial charge in [0.15, 0.2) is 12.4 Å². The number of unbranched alkanes of at least 4 members (excludes halogenated alkanes) is 32. The quantitative estimate of drug-likeness (QED) is 0.0149. The van der Waals surface area contributed by atoms with Crippen LogP contribution in [0.4, 0.5) is 0 Å². The second kappa shape index (κ2) is 57.3. The van der Waals surface area contributed by atoms with Crippen LogP contribution in [0.3, 0.4) is 0 Å². The van der Waals surface area contributed by atoms with Crippen LogP contribution in [0.15, 0.2) is 85.1 Å². The van der Waals surface area contributed by atoms with Crippen LogP contribution in [-0.2, 0) is 23.8 Å². The predicted molar refractivity (Wildman–Crippen MR) is 338 cm³/mol. The van der Waals surface area contributed by atoms with Crippen molar-refractivity contribution in [2.24, 2.45) is 0 Å². The number of hydrogen-bond acceptors (Lipinski definition) is 10. The van der Waals surface area contributed by atoms with Gasteiger partial charge in [-0.15, -0.1) is 0 Å². The lowest BCUT2D eigenvalue weighted by molar-refractivity contribution is -0.305. The monoisotopic (exact) mass is 1140 g/mol. The van der Waals surface area contributed by atoms with Crippen LogP contribution < -0.4 is 5.32 Å². The zero-order chi connectivity index (χ0) is 58.9. The Bertz CT molecular complexity index is 1640. The van der Waals surface area contributed by atoms with E-state index in [2.05, 4.69) is 80.8 Å². The molecule has 0 radical (unpaired) electrons. The highest BCUT2D eigenvalue weighted by Gasteiger charge is 2.47. The van der Waals surface area contributed by atoms with Crippen molar-refractivity contribution < 1.29 is 49.3 Å². The van der Waals surface area contributed by atoms with E-state index in [9.17, 15) is 35.1 Å². The second-order valence-electron chi connectivity index (χ2n) is 22.9. The number of allylic oxidation sites excluding steroid dienone is 13. The van der Waals surface area contributed by atoms with Gasteiger partial charge in [-0.3, -0.25) is 9.59 Å². The molecule has 1 aliphatic heterocycles. The summed E-state index contributed by atoms with van der Waals surface area (Å²) in [5.74, 6) is -1.22. The molecular formula is C70H123NO10. The van der Waals surface area contributed by atoms with Crippen molar-refractivity contribution in [3.63, 3.8) is 0 Å². The highest BCUT2D eigenvalue weighted by molar-refractivity contribution is 5.80. The summed E-state index contributed by atoms with van der Waals surface area (Å²) in [4.78, 5) is 26.6. The van der Waals surface area contributed by atoms with Crippen molar-refractivity contribution in [2.75, 3.05) is 13.2 Å². The van der Waals surface area contributed by atoms with E-state index in [1.165, 1.54) is 148 Å². The number of nitrogens with one attached hydrogen (secondary N) is 1. The minimum absolute atomic E-state index is 0.0982. The molecule has 1 saturated heterocycles. The predicted octanol–water partition coefficient (Wildman–Crippen LogP) is 16.5. The number of esters is 1. The van der Waals surface area contributed by atoms with E-state index in [-0.39, 0.29) is 19.4 Å². The largest absolute Gasteiger partial charge is 0.454 e. The third kappa shape index (κ3) is 45.0. The molecule has 81 heavy (non-hydrogen) atoms. The Balaban J connectivity index is 2.59. The Kier molecular flexibility index (Phi) is 53.6. The fourth-order valence-electron chi connectivity index (χ4n) is 10.1. The third-order valence-corrected chi connectivity index (χ3v) is 15.3. The first-order valence-electron chi connectivity index (χ1n) is 33.4. The summed E-state index contributed by atoms with van der Waals surface area (Å²) in [6, 6.07) is -1.03. The maximum Gasteiger partial charge on any atom is 0.306 e. The number of rotatable bonds is 56. The van der Waals surface area contributed by atoms with Gasteiger partial charge in [-0.25, -0.2) is 0 Å². The van der Waals surface area contributed by atoms with E-state index in [1.54, 1.807) is 6.08 Å².